The van der Waals surface area contributed by atoms with E-state index in [9.17, 15) is 13.5 Å². The van der Waals surface area contributed by atoms with Crippen molar-refractivity contribution in [2.24, 2.45) is 5.92 Å². The molecule has 0 radical (unpaired) electrons. The SMILES string of the molecule is O=S(=O)(NCC(O)(c1cccs1)C1CC1)c1ccc2c(c1)OCCO2. The maximum absolute atomic E-state index is 12.7. The second-order valence-electron chi connectivity index (χ2n) is 6.31. The molecule has 2 aromatic rings. The van der Waals surface area contributed by atoms with Crippen LogP contribution in [0, 0.1) is 5.92 Å². The van der Waals surface area contributed by atoms with E-state index in [1.807, 2.05) is 17.5 Å². The number of fused-ring (bicyclic) bond motifs is 1. The Bertz CT molecular complexity index is 861. The number of thiophene rings is 1. The summed E-state index contributed by atoms with van der Waals surface area (Å²) in [5.74, 6) is 1.05. The van der Waals surface area contributed by atoms with Crippen molar-refractivity contribution in [1.29, 1.82) is 0 Å². The van der Waals surface area contributed by atoms with Crippen molar-refractivity contribution in [2.45, 2.75) is 23.3 Å². The van der Waals surface area contributed by atoms with Crippen LogP contribution >= 0.6 is 11.3 Å². The Hall–Kier alpha value is -1.61. The highest BCUT2D eigenvalue weighted by atomic mass is 32.2. The molecule has 4 rings (SSSR count). The van der Waals surface area contributed by atoms with Gasteiger partial charge in [-0.3, -0.25) is 0 Å². The fourth-order valence-electron chi connectivity index (χ4n) is 3.00. The Morgan fingerprint density at radius 2 is 1.96 bits per heavy atom. The zero-order chi connectivity index (χ0) is 17.5. The zero-order valence-electron chi connectivity index (χ0n) is 13.5. The van der Waals surface area contributed by atoms with Crippen molar-refractivity contribution in [1.82, 2.24) is 4.72 Å². The van der Waals surface area contributed by atoms with Crippen LogP contribution in [0.2, 0.25) is 0 Å². The lowest BCUT2D eigenvalue weighted by Gasteiger charge is -2.27. The molecule has 1 unspecified atom stereocenters. The predicted molar refractivity (Wildman–Crippen MR) is 93.6 cm³/mol. The quantitative estimate of drug-likeness (QED) is 0.800. The molecular weight excluding hydrogens is 362 g/mol. The molecule has 6 nitrogen and oxygen atoms in total. The van der Waals surface area contributed by atoms with Gasteiger partial charge in [-0.15, -0.1) is 11.3 Å². The van der Waals surface area contributed by atoms with E-state index in [0.29, 0.717) is 24.7 Å². The average Bonchev–Trinajstić information content (AvgIpc) is 3.34. The summed E-state index contributed by atoms with van der Waals surface area (Å²) < 4.78 is 38.8. The third kappa shape index (κ3) is 3.27. The predicted octanol–water partition coefficient (Wildman–Crippen LogP) is 2.10. The van der Waals surface area contributed by atoms with Crippen LogP contribution in [0.5, 0.6) is 11.5 Å². The van der Waals surface area contributed by atoms with Gasteiger partial charge in [0.15, 0.2) is 11.5 Å². The van der Waals surface area contributed by atoms with Crippen LogP contribution in [0.4, 0.5) is 0 Å². The summed E-state index contributed by atoms with van der Waals surface area (Å²) in [5.41, 5.74) is -1.16. The van der Waals surface area contributed by atoms with Gasteiger partial charge in [0.25, 0.3) is 0 Å². The minimum Gasteiger partial charge on any atom is -0.486 e. The topological polar surface area (TPSA) is 84.9 Å². The lowest BCUT2D eigenvalue weighted by molar-refractivity contribution is 0.0222. The third-order valence-corrected chi connectivity index (χ3v) is 6.99. The van der Waals surface area contributed by atoms with Gasteiger partial charge in [0.2, 0.25) is 10.0 Å². The summed E-state index contributed by atoms with van der Waals surface area (Å²) in [6.45, 7) is 0.797. The first-order valence-corrected chi connectivity index (χ1v) is 10.5. The van der Waals surface area contributed by atoms with Crippen molar-refractivity contribution >= 4 is 21.4 Å². The van der Waals surface area contributed by atoms with E-state index in [1.54, 1.807) is 6.07 Å². The molecule has 1 aliphatic carbocycles. The second-order valence-corrected chi connectivity index (χ2v) is 9.02. The number of aliphatic hydroxyl groups is 1. The maximum Gasteiger partial charge on any atom is 0.240 e. The highest BCUT2D eigenvalue weighted by Crippen LogP contribution is 2.47. The Labute approximate surface area is 150 Å². The Balaban J connectivity index is 1.55. The van der Waals surface area contributed by atoms with Gasteiger partial charge in [-0.2, -0.15) is 0 Å². The standard InChI is InChI=1S/C17H19NO5S2/c19-17(12-3-4-12,16-2-1-9-24-16)11-18-25(20,21)13-5-6-14-15(10-13)23-8-7-22-14/h1-2,5-6,9-10,12,18-19H,3-4,7-8,11H2. The van der Waals surface area contributed by atoms with Crippen LogP contribution in [0.25, 0.3) is 0 Å². The van der Waals surface area contributed by atoms with Crippen molar-refractivity contribution < 1.29 is 23.0 Å². The summed E-state index contributed by atoms with van der Waals surface area (Å²) >= 11 is 1.44. The summed E-state index contributed by atoms with van der Waals surface area (Å²) in [4.78, 5) is 0.890. The first kappa shape index (κ1) is 16.8. The summed E-state index contributed by atoms with van der Waals surface area (Å²) in [7, 11) is -3.76. The lowest BCUT2D eigenvalue weighted by atomic mass is 9.96. The van der Waals surface area contributed by atoms with Crippen molar-refractivity contribution in [3.8, 4) is 11.5 Å². The van der Waals surface area contributed by atoms with Crippen molar-refractivity contribution in [2.75, 3.05) is 19.8 Å². The van der Waals surface area contributed by atoms with E-state index in [4.69, 9.17) is 9.47 Å². The number of hydrogen-bond donors (Lipinski definition) is 2. The molecule has 2 aliphatic rings. The second kappa shape index (κ2) is 6.28. The molecule has 2 heterocycles. The average molecular weight is 381 g/mol. The highest BCUT2D eigenvalue weighted by Gasteiger charge is 2.46. The van der Waals surface area contributed by atoms with Crippen LogP contribution in [0.3, 0.4) is 0 Å². The molecule has 2 N–H and O–H groups in total. The Morgan fingerprint density at radius 1 is 1.20 bits per heavy atom. The number of rotatable bonds is 6. The fraction of sp³-hybridized carbons (Fsp3) is 0.412. The number of sulfonamides is 1. The number of hydrogen-bond acceptors (Lipinski definition) is 6. The summed E-state index contributed by atoms with van der Waals surface area (Å²) in [6.07, 6.45) is 1.81. The van der Waals surface area contributed by atoms with E-state index < -0.39 is 15.6 Å². The molecule has 134 valence electrons. The Kier molecular flexibility index (Phi) is 4.23. The number of ether oxygens (including phenoxy) is 2. The van der Waals surface area contributed by atoms with Gasteiger partial charge in [-0.05, 0) is 42.3 Å². The summed E-state index contributed by atoms with van der Waals surface area (Å²) in [6, 6.07) is 8.24. The van der Waals surface area contributed by atoms with Crippen LogP contribution < -0.4 is 14.2 Å². The molecular formula is C17H19NO5S2. The zero-order valence-corrected chi connectivity index (χ0v) is 15.1. The third-order valence-electron chi connectivity index (χ3n) is 4.56. The molecule has 25 heavy (non-hydrogen) atoms. The van der Waals surface area contributed by atoms with Crippen molar-refractivity contribution in [3.63, 3.8) is 0 Å². The monoisotopic (exact) mass is 381 g/mol. The first-order valence-electron chi connectivity index (χ1n) is 8.15. The minimum absolute atomic E-state index is 0.0467. The summed E-state index contributed by atoms with van der Waals surface area (Å²) in [5, 5.41) is 12.9. The fourth-order valence-corrected chi connectivity index (χ4v) is 4.99. The molecule has 0 bridgehead atoms. The molecule has 0 saturated heterocycles. The molecule has 1 saturated carbocycles. The van der Waals surface area contributed by atoms with Crippen LogP contribution in [0.15, 0.2) is 40.6 Å². The van der Waals surface area contributed by atoms with E-state index in [0.717, 1.165) is 17.7 Å². The molecule has 1 aromatic heterocycles. The van der Waals surface area contributed by atoms with E-state index in [1.165, 1.54) is 23.5 Å². The highest BCUT2D eigenvalue weighted by molar-refractivity contribution is 7.89. The van der Waals surface area contributed by atoms with Crippen LogP contribution in [-0.2, 0) is 15.6 Å². The molecule has 8 heteroatoms. The Morgan fingerprint density at radius 3 is 2.64 bits per heavy atom. The van der Waals surface area contributed by atoms with E-state index in [-0.39, 0.29) is 17.4 Å². The van der Waals surface area contributed by atoms with E-state index in [2.05, 4.69) is 4.72 Å². The molecule has 1 fully saturated rings. The van der Waals surface area contributed by atoms with Crippen LogP contribution in [0.1, 0.15) is 17.7 Å². The number of benzene rings is 1. The molecule has 1 atom stereocenters. The normalized spacial score (nSPS) is 19.4. The van der Waals surface area contributed by atoms with E-state index >= 15 is 0 Å². The van der Waals surface area contributed by atoms with Gasteiger partial charge in [-0.25, -0.2) is 13.1 Å². The minimum atomic E-state index is -3.76. The first-order chi connectivity index (χ1) is 12.0. The van der Waals surface area contributed by atoms with Gasteiger partial charge >= 0.3 is 0 Å². The molecule has 0 amide bonds. The van der Waals surface area contributed by atoms with Gasteiger partial charge in [-0.1, -0.05) is 6.07 Å². The molecule has 1 aliphatic heterocycles. The lowest BCUT2D eigenvalue weighted by Crippen LogP contribution is -2.41. The van der Waals surface area contributed by atoms with Crippen LogP contribution in [-0.4, -0.2) is 33.3 Å². The maximum atomic E-state index is 12.7. The molecule has 1 aromatic carbocycles. The molecule has 0 spiro atoms. The van der Waals surface area contributed by atoms with Gasteiger partial charge in [0, 0.05) is 17.5 Å². The number of nitrogens with one attached hydrogen (secondary N) is 1. The largest absolute Gasteiger partial charge is 0.486 e. The van der Waals surface area contributed by atoms with Gasteiger partial charge in [0.1, 0.15) is 18.8 Å². The van der Waals surface area contributed by atoms with Gasteiger partial charge < -0.3 is 14.6 Å². The van der Waals surface area contributed by atoms with Gasteiger partial charge in [0.05, 0.1) is 4.90 Å². The smallest absolute Gasteiger partial charge is 0.240 e. The van der Waals surface area contributed by atoms with Crippen molar-refractivity contribution in [3.05, 3.63) is 40.6 Å².